The second kappa shape index (κ2) is 6.85. The van der Waals surface area contributed by atoms with Crippen LogP contribution < -0.4 is 5.32 Å². The average molecular weight is 326 g/mol. The van der Waals surface area contributed by atoms with Crippen LogP contribution in [0.4, 0.5) is 8.78 Å². The highest BCUT2D eigenvalue weighted by atomic mass is 35.5. The van der Waals surface area contributed by atoms with E-state index in [0.717, 1.165) is 6.07 Å². The van der Waals surface area contributed by atoms with Crippen LogP contribution in [0.2, 0.25) is 5.02 Å². The Kier molecular flexibility index (Phi) is 5.11. The zero-order valence-electron chi connectivity index (χ0n) is 11.7. The lowest BCUT2D eigenvalue weighted by atomic mass is 10.1. The summed E-state index contributed by atoms with van der Waals surface area (Å²) in [5.41, 5.74) is 0.479. The summed E-state index contributed by atoms with van der Waals surface area (Å²) >= 11 is 5.75. The van der Waals surface area contributed by atoms with Crippen LogP contribution in [-0.2, 0) is 0 Å². The van der Waals surface area contributed by atoms with Crippen molar-refractivity contribution < 1.29 is 18.7 Å². The number of halogens is 3. The lowest BCUT2D eigenvalue weighted by Crippen LogP contribution is -2.29. The number of amides is 1. The van der Waals surface area contributed by atoms with Gasteiger partial charge in [-0.15, -0.1) is 0 Å². The Morgan fingerprint density at radius 2 is 1.86 bits per heavy atom. The molecule has 2 N–H and O–H groups in total. The van der Waals surface area contributed by atoms with Crippen LogP contribution in [0, 0.1) is 18.6 Å². The van der Waals surface area contributed by atoms with E-state index >= 15 is 0 Å². The summed E-state index contributed by atoms with van der Waals surface area (Å²) in [6.07, 6.45) is -0.953. The minimum atomic E-state index is -0.953. The Labute approximate surface area is 131 Å². The lowest BCUT2D eigenvalue weighted by molar-refractivity contribution is 0.0912. The molecule has 2 aromatic rings. The minimum Gasteiger partial charge on any atom is -0.387 e. The molecule has 1 amide bonds. The quantitative estimate of drug-likeness (QED) is 0.905. The summed E-state index contributed by atoms with van der Waals surface area (Å²) in [4.78, 5) is 11.9. The van der Waals surface area contributed by atoms with Gasteiger partial charge in [-0.2, -0.15) is 0 Å². The number of nitrogens with one attached hydrogen (secondary N) is 1. The van der Waals surface area contributed by atoms with E-state index in [-0.39, 0.29) is 17.7 Å². The van der Waals surface area contributed by atoms with Gasteiger partial charge >= 0.3 is 0 Å². The maximum atomic E-state index is 13.6. The summed E-state index contributed by atoms with van der Waals surface area (Å²) in [5.74, 6) is -2.37. The zero-order chi connectivity index (χ0) is 16.3. The van der Waals surface area contributed by atoms with Crippen molar-refractivity contribution in [1.29, 1.82) is 0 Å². The van der Waals surface area contributed by atoms with Crippen LogP contribution in [0.15, 0.2) is 36.4 Å². The molecule has 2 rings (SSSR count). The van der Waals surface area contributed by atoms with Gasteiger partial charge in [0.1, 0.15) is 11.6 Å². The summed E-state index contributed by atoms with van der Waals surface area (Å²) in [6, 6.07) is 8.29. The van der Waals surface area contributed by atoms with Crippen LogP contribution in [0.5, 0.6) is 0 Å². The van der Waals surface area contributed by atoms with Gasteiger partial charge in [-0.3, -0.25) is 4.79 Å². The number of hydrogen-bond acceptors (Lipinski definition) is 2. The first kappa shape index (κ1) is 16.4. The molecule has 22 heavy (non-hydrogen) atoms. The number of aliphatic hydroxyl groups excluding tert-OH is 1. The predicted octanol–water partition coefficient (Wildman–Crippen LogP) is 3.39. The smallest absolute Gasteiger partial charge is 0.254 e. The number of carbonyl (C=O) groups is 1. The van der Waals surface area contributed by atoms with Gasteiger partial charge in [0.2, 0.25) is 0 Å². The molecule has 1 atom stereocenters. The highest BCUT2D eigenvalue weighted by Gasteiger charge is 2.16. The Morgan fingerprint density at radius 1 is 1.23 bits per heavy atom. The molecule has 1 unspecified atom stereocenters. The number of aryl methyl sites for hydroxylation is 1. The summed E-state index contributed by atoms with van der Waals surface area (Å²) in [6.45, 7) is 1.34. The molecule has 0 aliphatic carbocycles. The predicted molar refractivity (Wildman–Crippen MR) is 79.8 cm³/mol. The Balaban J connectivity index is 2.03. The van der Waals surface area contributed by atoms with Crippen molar-refractivity contribution in [2.24, 2.45) is 0 Å². The maximum absolute atomic E-state index is 13.6. The molecule has 3 nitrogen and oxygen atoms in total. The molecule has 0 aliphatic rings. The van der Waals surface area contributed by atoms with E-state index in [2.05, 4.69) is 5.32 Å². The van der Waals surface area contributed by atoms with Crippen LogP contribution in [0.25, 0.3) is 0 Å². The molecule has 0 saturated carbocycles. The second-order valence-corrected chi connectivity index (χ2v) is 5.30. The van der Waals surface area contributed by atoms with Crippen LogP contribution in [0.1, 0.15) is 27.6 Å². The molecule has 2 aromatic carbocycles. The molecule has 6 heteroatoms. The summed E-state index contributed by atoms with van der Waals surface area (Å²) < 4.78 is 26.8. The van der Waals surface area contributed by atoms with E-state index in [0.29, 0.717) is 16.7 Å². The Hall–Kier alpha value is -1.98. The number of benzene rings is 2. The van der Waals surface area contributed by atoms with Crippen LogP contribution in [0.3, 0.4) is 0 Å². The van der Waals surface area contributed by atoms with Gasteiger partial charge in [0.05, 0.1) is 11.7 Å². The van der Waals surface area contributed by atoms with Gasteiger partial charge < -0.3 is 10.4 Å². The fourth-order valence-electron chi connectivity index (χ4n) is 1.92. The third-order valence-corrected chi connectivity index (χ3v) is 3.46. The lowest BCUT2D eigenvalue weighted by Gasteiger charge is -2.13. The van der Waals surface area contributed by atoms with Crippen molar-refractivity contribution in [3.05, 3.63) is 69.7 Å². The maximum Gasteiger partial charge on any atom is 0.254 e. The van der Waals surface area contributed by atoms with Crippen molar-refractivity contribution in [1.82, 2.24) is 5.32 Å². The molecule has 0 heterocycles. The molecule has 116 valence electrons. The Bertz CT molecular complexity index is 689. The molecule has 0 radical (unpaired) electrons. The summed E-state index contributed by atoms with van der Waals surface area (Å²) in [7, 11) is 0. The fraction of sp³-hybridized carbons (Fsp3) is 0.188. The van der Waals surface area contributed by atoms with Gasteiger partial charge in [0.15, 0.2) is 0 Å². The highest BCUT2D eigenvalue weighted by Crippen LogP contribution is 2.17. The fourth-order valence-corrected chi connectivity index (χ4v) is 2.04. The standard InChI is InChI=1S/C16H14ClF2NO2/c1-9-6-12(14(19)7-13(9)18)16(22)20-8-15(21)10-2-4-11(17)5-3-10/h2-7,15,21H,8H2,1H3,(H,20,22). The monoisotopic (exact) mass is 325 g/mol. The van der Waals surface area contributed by atoms with E-state index in [4.69, 9.17) is 11.6 Å². The van der Waals surface area contributed by atoms with Crippen LogP contribution >= 0.6 is 11.6 Å². The molecule has 0 bridgehead atoms. The SMILES string of the molecule is Cc1cc(C(=O)NCC(O)c2ccc(Cl)cc2)c(F)cc1F. The van der Waals surface area contributed by atoms with Crippen molar-refractivity contribution >= 4 is 17.5 Å². The van der Waals surface area contributed by atoms with E-state index in [1.807, 2.05) is 0 Å². The molecular weight excluding hydrogens is 312 g/mol. The molecule has 0 saturated heterocycles. The largest absolute Gasteiger partial charge is 0.387 e. The topological polar surface area (TPSA) is 49.3 Å². The third-order valence-electron chi connectivity index (χ3n) is 3.20. The molecule has 0 fully saturated rings. The van der Waals surface area contributed by atoms with Crippen LogP contribution in [-0.4, -0.2) is 17.6 Å². The van der Waals surface area contributed by atoms with Gasteiger partial charge in [-0.05, 0) is 36.2 Å². The average Bonchev–Trinajstić information content (AvgIpc) is 2.49. The number of aliphatic hydroxyl groups is 1. The van der Waals surface area contributed by atoms with Gasteiger partial charge in [-0.25, -0.2) is 8.78 Å². The van der Waals surface area contributed by atoms with E-state index in [1.54, 1.807) is 24.3 Å². The molecule has 0 aromatic heterocycles. The molecule has 0 spiro atoms. The van der Waals surface area contributed by atoms with Crippen molar-refractivity contribution in [3.8, 4) is 0 Å². The van der Waals surface area contributed by atoms with Gasteiger partial charge in [-0.1, -0.05) is 23.7 Å². The molecule has 0 aliphatic heterocycles. The van der Waals surface area contributed by atoms with Gasteiger partial charge in [0, 0.05) is 17.6 Å². The Morgan fingerprint density at radius 3 is 2.50 bits per heavy atom. The minimum absolute atomic E-state index is 0.101. The first-order chi connectivity index (χ1) is 10.4. The normalized spacial score (nSPS) is 12.0. The first-order valence-electron chi connectivity index (χ1n) is 6.56. The molecular formula is C16H14ClF2NO2. The second-order valence-electron chi connectivity index (χ2n) is 4.86. The van der Waals surface area contributed by atoms with E-state index in [1.165, 1.54) is 6.92 Å². The van der Waals surface area contributed by atoms with E-state index in [9.17, 15) is 18.7 Å². The number of carbonyl (C=O) groups excluding carboxylic acids is 1. The number of rotatable bonds is 4. The zero-order valence-corrected chi connectivity index (χ0v) is 12.5. The number of hydrogen-bond donors (Lipinski definition) is 2. The van der Waals surface area contributed by atoms with Crippen molar-refractivity contribution in [2.45, 2.75) is 13.0 Å². The first-order valence-corrected chi connectivity index (χ1v) is 6.93. The van der Waals surface area contributed by atoms with Crippen molar-refractivity contribution in [3.63, 3.8) is 0 Å². The summed E-state index contributed by atoms with van der Waals surface area (Å²) in [5, 5.41) is 12.9. The highest BCUT2D eigenvalue weighted by molar-refractivity contribution is 6.30. The van der Waals surface area contributed by atoms with Gasteiger partial charge in [0.25, 0.3) is 5.91 Å². The van der Waals surface area contributed by atoms with Crippen molar-refractivity contribution in [2.75, 3.05) is 6.54 Å². The van der Waals surface area contributed by atoms with E-state index < -0.39 is 23.6 Å². The third kappa shape index (κ3) is 3.81.